The predicted molar refractivity (Wildman–Crippen MR) is 101 cm³/mol. The van der Waals surface area contributed by atoms with Crippen LogP contribution in [0.4, 0.5) is 0 Å². The van der Waals surface area contributed by atoms with Crippen molar-refractivity contribution >= 4 is 5.97 Å². The molecule has 2 nitrogen and oxygen atoms in total. The normalized spacial score (nSPS) is 12.2. The topological polar surface area (TPSA) is 26.3 Å². The maximum atomic E-state index is 11.4. The number of ether oxygens (including phenoxy) is 1. The van der Waals surface area contributed by atoms with Crippen molar-refractivity contribution in [2.24, 2.45) is 0 Å². The standard InChI is InChI=1S/C21H40O2/c1-5-6-7-8-9-10-11-12-13-14-15-16-17-18-19(2)20(3)21(22)23-4/h5-18H2,1-4H3. The third kappa shape index (κ3) is 13.4. The quantitative estimate of drug-likeness (QED) is 0.184. The van der Waals surface area contributed by atoms with Gasteiger partial charge in [0.2, 0.25) is 0 Å². The van der Waals surface area contributed by atoms with Crippen LogP contribution >= 0.6 is 0 Å². The average Bonchev–Trinajstić information content (AvgIpc) is 2.57. The lowest BCUT2D eigenvalue weighted by Gasteiger charge is -2.06. The Labute approximate surface area is 145 Å². The van der Waals surface area contributed by atoms with Crippen molar-refractivity contribution in [1.82, 2.24) is 0 Å². The Hall–Kier alpha value is -0.790. The van der Waals surface area contributed by atoms with Crippen LogP contribution in [0.1, 0.15) is 111 Å². The molecule has 0 aromatic carbocycles. The number of hydrogen-bond donors (Lipinski definition) is 0. The summed E-state index contributed by atoms with van der Waals surface area (Å²) in [5.41, 5.74) is 1.96. The summed E-state index contributed by atoms with van der Waals surface area (Å²) in [7, 11) is 1.45. The number of carbonyl (C=O) groups is 1. The van der Waals surface area contributed by atoms with Gasteiger partial charge in [0.05, 0.1) is 7.11 Å². The van der Waals surface area contributed by atoms with Crippen molar-refractivity contribution < 1.29 is 9.53 Å². The third-order valence-electron chi connectivity index (χ3n) is 4.79. The third-order valence-corrected chi connectivity index (χ3v) is 4.79. The fourth-order valence-corrected chi connectivity index (χ4v) is 2.92. The predicted octanol–water partition coefficient (Wildman–Crippen LogP) is 6.98. The molecule has 0 N–H and O–H groups in total. The minimum absolute atomic E-state index is 0.183. The molecule has 0 saturated carbocycles. The van der Waals surface area contributed by atoms with E-state index in [4.69, 9.17) is 4.74 Å². The average molecular weight is 325 g/mol. The molecular weight excluding hydrogens is 284 g/mol. The van der Waals surface area contributed by atoms with E-state index in [0.29, 0.717) is 0 Å². The van der Waals surface area contributed by atoms with Crippen LogP contribution in [0.3, 0.4) is 0 Å². The van der Waals surface area contributed by atoms with Gasteiger partial charge in [-0.2, -0.15) is 0 Å². The van der Waals surface area contributed by atoms with Gasteiger partial charge in [-0.15, -0.1) is 0 Å². The molecule has 0 rings (SSSR count). The van der Waals surface area contributed by atoms with E-state index < -0.39 is 0 Å². The highest BCUT2D eigenvalue weighted by Crippen LogP contribution is 2.16. The smallest absolute Gasteiger partial charge is 0.333 e. The number of carbonyl (C=O) groups excluding carboxylic acids is 1. The zero-order valence-corrected chi connectivity index (χ0v) is 16.2. The lowest BCUT2D eigenvalue weighted by atomic mass is 10.0. The lowest BCUT2D eigenvalue weighted by Crippen LogP contribution is -2.03. The molecule has 0 aromatic rings. The summed E-state index contributed by atoms with van der Waals surface area (Å²) in [6.45, 7) is 6.19. The van der Waals surface area contributed by atoms with Gasteiger partial charge in [-0.05, 0) is 26.7 Å². The van der Waals surface area contributed by atoms with Gasteiger partial charge in [-0.25, -0.2) is 4.79 Å². The molecule has 23 heavy (non-hydrogen) atoms. The Morgan fingerprint density at radius 2 is 1.09 bits per heavy atom. The van der Waals surface area contributed by atoms with Crippen molar-refractivity contribution in [2.45, 2.75) is 111 Å². The van der Waals surface area contributed by atoms with E-state index in [2.05, 4.69) is 6.92 Å². The van der Waals surface area contributed by atoms with E-state index in [1.807, 2.05) is 13.8 Å². The molecule has 0 aromatic heterocycles. The van der Waals surface area contributed by atoms with Crippen molar-refractivity contribution in [1.29, 1.82) is 0 Å². The number of hydrogen-bond acceptors (Lipinski definition) is 2. The molecule has 0 saturated heterocycles. The molecule has 136 valence electrons. The van der Waals surface area contributed by atoms with Gasteiger partial charge in [-0.3, -0.25) is 0 Å². The Morgan fingerprint density at radius 3 is 1.48 bits per heavy atom. The first kappa shape index (κ1) is 22.2. The van der Waals surface area contributed by atoms with E-state index in [9.17, 15) is 4.79 Å². The van der Waals surface area contributed by atoms with E-state index in [0.717, 1.165) is 12.0 Å². The van der Waals surface area contributed by atoms with Crippen molar-refractivity contribution in [3.05, 3.63) is 11.1 Å². The molecule has 0 aliphatic heterocycles. The molecule has 0 spiro atoms. The van der Waals surface area contributed by atoms with Gasteiger partial charge in [0.25, 0.3) is 0 Å². The first-order chi connectivity index (χ1) is 11.1. The van der Waals surface area contributed by atoms with Gasteiger partial charge < -0.3 is 4.74 Å². The molecule has 0 heterocycles. The van der Waals surface area contributed by atoms with Crippen LogP contribution in [0.25, 0.3) is 0 Å². The fourth-order valence-electron chi connectivity index (χ4n) is 2.92. The van der Waals surface area contributed by atoms with Crippen LogP contribution in [-0.2, 0) is 9.53 Å². The molecule has 0 aliphatic carbocycles. The van der Waals surface area contributed by atoms with Gasteiger partial charge in [0, 0.05) is 5.57 Å². The molecule has 0 amide bonds. The Bertz CT molecular complexity index is 318. The molecule has 0 unspecified atom stereocenters. The van der Waals surface area contributed by atoms with Crippen molar-refractivity contribution in [3.63, 3.8) is 0 Å². The summed E-state index contributed by atoms with van der Waals surface area (Å²) >= 11 is 0. The minimum Gasteiger partial charge on any atom is -0.466 e. The molecule has 0 aliphatic rings. The number of methoxy groups -OCH3 is 1. The summed E-state index contributed by atoms with van der Waals surface area (Å²) in [6, 6.07) is 0. The first-order valence-electron chi connectivity index (χ1n) is 9.88. The molecule has 2 heteroatoms. The zero-order chi connectivity index (χ0) is 17.3. The number of rotatable bonds is 15. The zero-order valence-electron chi connectivity index (χ0n) is 16.2. The van der Waals surface area contributed by atoms with Crippen LogP contribution in [0.5, 0.6) is 0 Å². The van der Waals surface area contributed by atoms with Crippen LogP contribution in [-0.4, -0.2) is 13.1 Å². The molecular formula is C21H40O2. The minimum atomic E-state index is -0.183. The van der Waals surface area contributed by atoms with Crippen LogP contribution in [0.15, 0.2) is 11.1 Å². The number of esters is 1. The van der Waals surface area contributed by atoms with E-state index in [-0.39, 0.29) is 5.97 Å². The van der Waals surface area contributed by atoms with Crippen LogP contribution in [0.2, 0.25) is 0 Å². The van der Waals surface area contributed by atoms with E-state index >= 15 is 0 Å². The van der Waals surface area contributed by atoms with Crippen LogP contribution in [0, 0.1) is 0 Å². The highest BCUT2D eigenvalue weighted by atomic mass is 16.5. The van der Waals surface area contributed by atoms with E-state index in [1.165, 1.54) is 96.2 Å². The van der Waals surface area contributed by atoms with Gasteiger partial charge in [-0.1, -0.05) is 89.5 Å². The number of unbranched alkanes of at least 4 members (excludes halogenated alkanes) is 12. The SMILES string of the molecule is CCCCCCCCCCCCCCCC(C)=C(C)C(=O)OC. The maximum absolute atomic E-state index is 11.4. The second-order valence-electron chi connectivity index (χ2n) is 6.89. The first-order valence-corrected chi connectivity index (χ1v) is 9.88. The molecule has 0 atom stereocenters. The van der Waals surface area contributed by atoms with Gasteiger partial charge in [0.15, 0.2) is 0 Å². The highest BCUT2D eigenvalue weighted by Gasteiger charge is 2.06. The summed E-state index contributed by atoms with van der Waals surface area (Å²) < 4.78 is 4.76. The Balaban J connectivity index is 3.35. The van der Waals surface area contributed by atoms with Gasteiger partial charge >= 0.3 is 5.97 Å². The van der Waals surface area contributed by atoms with Crippen molar-refractivity contribution in [2.75, 3.05) is 7.11 Å². The summed E-state index contributed by atoms with van der Waals surface area (Å²) in [5, 5.41) is 0. The second kappa shape index (κ2) is 16.1. The van der Waals surface area contributed by atoms with Crippen LogP contribution < -0.4 is 0 Å². The lowest BCUT2D eigenvalue weighted by molar-refractivity contribution is -0.136. The molecule has 0 radical (unpaired) electrons. The molecule has 0 fully saturated rings. The maximum Gasteiger partial charge on any atom is 0.333 e. The van der Waals surface area contributed by atoms with Gasteiger partial charge in [0.1, 0.15) is 0 Å². The summed E-state index contributed by atoms with van der Waals surface area (Å²) in [6.07, 6.45) is 18.9. The largest absolute Gasteiger partial charge is 0.466 e. The monoisotopic (exact) mass is 324 g/mol. The summed E-state index contributed by atoms with van der Waals surface area (Å²) in [4.78, 5) is 11.4. The van der Waals surface area contributed by atoms with E-state index in [1.54, 1.807) is 0 Å². The Morgan fingerprint density at radius 1 is 0.696 bits per heavy atom. The van der Waals surface area contributed by atoms with Crippen molar-refractivity contribution in [3.8, 4) is 0 Å². The highest BCUT2D eigenvalue weighted by molar-refractivity contribution is 5.88. The fraction of sp³-hybridized carbons (Fsp3) is 0.857. The number of allylic oxidation sites excluding steroid dienone is 1. The second-order valence-corrected chi connectivity index (χ2v) is 6.89. The summed E-state index contributed by atoms with van der Waals surface area (Å²) in [5.74, 6) is -0.183. The Kier molecular flexibility index (Phi) is 15.5. The molecule has 0 bridgehead atoms.